The third-order valence-electron chi connectivity index (χ3n) is 2.67. The molecule has 0 radical (unpaired) electrons. The maximum absolute atomic E-state index is 5.92. The monoisotopic (exact) mass is 278 g/mol. The van der Waals surface area contributed by atoms with Gasteiger partial charge in [-0.15, -0.1) is 0 Å². The minimum absolute atomic E-state index is 0.229. The first-order valence-corrected chi connectivity index (χ1v) is 6.32. The zero-order valence-corrected chi connectivity index (χ0v) is 11.8. The molecule has 0 amide bonds. The first-order valence-electron chi connectivity index (χ1n) is 5.94. The Morgan fingerprint density at radius 1 is 1.21 bits per heavy atom. The molecule has 5 heteroatoms. The second-order valence-corrected chi connectivity index (χ2v) is 4.69. The van der Waals surface area contributed by atoms with E-state index < -0.39 is 0 Å². The maximum Gasteiger partial charge on any atom is 0.267 e. The van der Waals surface area contributed by atoms with Crippen LogP contribution in [0.3, 0.4) is 0 Å². The van der Waals surface area contributed by atoms with E-state index in [4.69, 9.17) is 21.1 Å². The molecule has 1 heterocycles. The molecule has 0 spiro atoms. The lowest BCUT2D eigenvalue weighted by Gasteiger charge is -2.11. The predicted octanol–water partition coefficient (Wildman–Crippen LogP) is 4.05. The molecule has 0 fully saturated rings. The van der Waals surface area contributed by atoms with Crippen molar-refractivity contribution < 1.29 is 9.47 Å². The Kier molecular flexibility index (Phi) is 4.22. The average Bonchev–Trinajstić information content (AvgIpc) is 2.39. The molecule has 0 saturated heterocycles. The molecule has 2 aromatic rings. The minimum atomic E-state index is 0.229. The van der Waals surface area contributed by atoms with E-state index in [1.165, 1.54) is 19.0 Å². The molecule has 0 aliphatic heterocycles. The predicted molar refractivity (Wildman–Crippen MR) is 74.2 cm³/mol. The molecule has 0 aliphatic rings. The smallest absolute Gasteiger partial charge is 0.267 e. The van der Waals surface area contributed by atoms with Gasteiger partial charge in [0.05, 0.1) is 7.11 Å². The number of benzene rings is 1. The summed E-state index contributed by atoms with van der Waals surface area (Å²) in [4.78, 5) is 7.88. The van der Waals surface area contributed by atoms with Crippen molar-refractivity contribution in [1.29, 1.82) is 0 Å². The number of halogens is 1. The summed E-state index contributed by atoms with van der Waals surface area (Å²) in [6, 6.07) is 7.84. The fraction of sp³-hybridized carbons (Fsp3) is 0.286. The van der Waals surface area contributed by atoms with Gasteiger partial charge in [0.15, 0.2) is 5.15 Å². The number of hydrogen-bond acceptors (Lipinski definition) is 4. The highest BCUT2D eigenvalue weighted by atomic mass is 35.5. The van der Waals surface area contributed by atoms with E-state index in [0.29, 0.717) is 23.3 Å². The number of aromatic nitrogens is 2. The van der Waals surface area contributed by atoms with E-state index in [0.717, 1.165) is 0 Å². The summed E-state index contributed by atoms with van der Waals surface area (Å²) in [7, 11) is 1.50. The maximum atomic E-state index is 5.92. The van der Waals surface area contributed by atoms with E-state index >= 15 is 0 Å². The number of hydrogen-bond donors (Lipinski definition) is 0. The van der Waals surface area contributed by atoms with Gasteiger partial charge in [-0.25, -0.2) is 4.98 Å². The van der Waals surface area contributed by atoms with Crippen molar-refractivity contribution in [1.82, 2.24) is 9.97 Å². The van der Waals surface area contributed by atoms with Crippen LogP contribution in [0.25, 0.3) is 0 Å². The first-order chi connectivity index (χ1) is 9.11. The van der Waals surface area contributed by atoms with Crippen LogP contribution in [0.15, 0.2) is 30.6 Å². The van der Waals surface area contributed by atoms with Gasteiger partial charge in [-0.05, 0) is 23.6 Å². The van der Waals surface area contributed by atoms with Crippen molar-refractivity contribution in [3.05, 3.63) is 41.3 Å². The second-order valence-electron chi connectivity index (χ2n) is 4.33. The summed E-state index contributed by atoms with van der Waals surface area (Å²) in [6.07, 6.45) is 1.34. The lowest BCUT2D eigenvalue weighted by molar-refractivity contribution is 0.367. The summed E-state index contributed by atoms with van der Waals surface area (Å²) in [5, 5.41) is 0.229. The van der Waals surface area contributed by atoms with E-state index in [-0.39, 0.29) is 5.15 Å². The molecule has 19 heavy (non-hydrogen) atoms. The molecule has 2 rings (SSSR count). The van der Waals surface area contributed by atoms with Gasteiger partial charge in [0, 0.05) is 0 Å². The molecule has 0 N–H and O–H groups in total. The third kappa shape index (κ3) is 3.15. The third-order valence-corrected chi connectivity index (χ3v) is 2.94. The largest absolute Gasteiger partial charge is 0.489 e. The van der Waals surface area contributed by atoms with Gasteiger partial charge < -0.3 is 9.47 Å². The Hall–Kier alpha value is -1.81. The van der Waals surface area contributed by atoms with Crippen LogP contribution in [0.5, 0.6) is 17.4 Å². The Balaban J connectivity index is 2.31. The average molecular weight is 279 g/mol. The van der Waals surface area contributed by atoms with E-state index in [9.17, 15) is 0 Å². The van der Waals surface area contributed by atoms with Crippen molar-refractivity contribution in [3.8, 4) is 17.4 Å². The van der Waals surface area contributed by atoms with Crippen molar-refractivity contribution in [2.45, 2.75) is 19.8 Å². The van der Waals surface area contributed by atoms with Gasteiger partial charge in [0.1, 0.15) is 12.1 Å². The molecule has 0 aliphatic carbocycles. The van der Waals surface area contributed by atoms with E-state index in [1.807, 2.05) is 18.2 Å². The zero-order valence-electron chi connectivity index (χ0n) is 11.1. The van der Waals surface area contributed by atoms with Crippen molar-refractivity contribution in [2.24, 2.45) is 0 Å². The molecule has 0 saturated carbocycles. The van der Waals surface area contributed by atoms with Gasteiger partial charge >= 0.3 is 0 Å². The zero-order chi connectivity index (χ0) is 13.8. The van der Waals surface area contributed by atoms with Crippen molar-refractivity contribution >= 4 is 11.6 Å². The van der Waals surface area contributed by atoms with E-state index in [1.54, 1.807) is 0 Å². The van der Waals surface area contributed by atoms with E-state index in [2.05, 4.69) is 29.9 Å². The summed E-state index contributed by atoms with van der Waals surface area (Å²) >= 11 is 5.92. The van der Waals surface area contributed by atoms with Crippen molar-refractivity contribution in [2.75, 3.05) is 7.11 Å². The summed E-state index contributed by atoms with van der Waals surface area (Å²) in [5.41, 5.74) is 1.19. The standard InChI is InChI=1S/C14H15ClN2O2/c1-9(2)10-5-4-6-11(7-10)19-14-12(18-3)13(15)16-8-17-14/h4-9H,1-3H3. The van der Waals surface area contributed by atoms with Crippen LogP contribution < -0.4 is 9.47 Å². The summed E-state index contributed by atoms with van der Waals surface area (Å²) in [6.45, 7) is 4.25. The van der Waals surface area contributed by atoms with Gasteiger partial charge in [-0.1, -0.05) is 37.6 Å². The lowest BCUT2D eigenvalue weighted by atomic mass is 10.0. The fourth-order valence-electron chi connectivity index (χ4n) is 1.63. The van der Waals surface area contributed by atoms with Crippen LogP contribution >= 0.6 is 11.6 Å². The first kappa shape index (κ1) is 13.6. The highest BCUT2D eigenvalue weighted by Crippen LogP contribution is 2.34. The SMILES string of the molecule is COc1c(Cl)ncnc1Oc1cccc(C(C)C)c1. The highest BCUT2D eigenvalue weighted by molar-refractivity contribution is 6.31. The highest BCUT2D eigenvalue weighted by Gasteiger charge is 2.13. The van der Waals surface area contributed by atoms with Crippen LogP contribution in [0.4, 0.5) is 0 Å². The molecule has 4 nitrogen and oxygen atoms in total. The fourth-order valence-corrected chi connectivity index (χ4v) is 1.83. The topological polar surface area (TPSA) is 44.2 Å². The Labute approximate surface area is 117 Å². The summed E-state index contributed by atoms with van der Waals surface area (Å²) < 4.78 is 10.9. The van der Waals surface area contributed by atoms with Gasteiger partial charge in [0.25, 0.3) is 5.88 Å². The van der Waals surface area contributed by atoms with Crippen LogP contribution in [-0.4, -0.2) is 17.1 Å². The van der Waals surface area contributed by atoms with Gasteiger partial charge in [0.2, 0.25) is 5.75 Å². The quantitative estimate of drug-likeness (QED) is 0.791. The molecule has 1 aromatic heterocycles. The van der Waals surface area contributed by atoms with Crippen LogP contribution in [0.1, 0.15) is 25.3 Å². The normalized spacial score (nSPS) is 10.6. The van der Waals surface area contributed by atoms with Crippen LogP contribution in [0.2, 0.25) is 5.15 Å². The van der Waals surface area contributed by atoms with Gasteiger partial charge in [-0.3, -0.25) is 0 Å². The number of ether oxygens (including phenoxy) is 2. The minimum Gasteiger partial charge on any atom is -0.489 e. The van der Waals surface area contributed by atoms with Gasteiger partial charge in [-0.2, -0.15) is 4.98 Å². The van der Waals surface area contributed by atoms with Crippen molar-refractivity contribution in [3.63, 3.8) is 0 Å². The molecule has 0 atom stereocenters. The van der Waals surface area contributed by atoms with Crippen LogP contribution in [0, 0.1) is 0 Å². The molecule has 100 valence electrons. The number of methoxy groups -OCH3 is 1. The number of nitrogens with zero attached hydrogens (tertiary/aromatic N) is 2. The van der Waals surface area contributed by atoms with Crippen LogP contribution in [-0.2, 0) is 0 Å². The Bertz CT molecular complexity index is 573. The molecule has 0 bridgehead atoms. The Morgan fingerprint density at radius 3 is 2.68 bits per heavy atom. The molecule has 0 unspecified atom stereocenters. The molecular weight excluding hydrogens is 264 g/mol. The number of rotatable bonds is 4. The Morgan fingerprint density at radius 2 is 2.00 bits per heavy atom. The molecule has 1 aromatic carbocycles. The second kappa shape index (κ2) is 5.89. The lowest BCUT2D eigenvalue weighted by Crippen LogP contribution is -1.96. The summed E-state index contributed by atoms with van der Waals surface area (Å²) in [5.74, 6) is 1.77. The molecular formula is C14H15ClN2O2.